The summed E-state index contributed by atoms with van der Waals surface area (Å²) in [7, 11) is 8.26. The van der Waals surface area contributed by atoms with Gasteiger partial charge in [-0.15, -0.1) is 0 Å². The Labute approximate surface area is 182 Å². The molecule has 30 heavy (non-hydrogen) atoms. The van der Waals surface area contributed by atoms with Gasteiger partial charge in [0.05, 0.1) is 0 Å². The van der Waals surface area contributed by atoms with Crippen LogP contribution in [0, 0.1) is 0 Å². The van der Waals surface area contributed by atoms with Crippen molar-refractivity contribution in [3.05, 3.63) is 59.7 Å². The van der Waals surface area contributed by atoms with Crippen molar-refractivity contribution in [1.29, 1.82) is 0 Å². The van der Waals surface area contributed by atoms with E-state index in [4.69, 9.17) is 0 Å². The topological polar surface area (TPSA) is 47.6 Å². The van der Waals surface area contributed by atoms with E-state index in [0.29, 0.717) is 0 Å². The third kappa shape index (κ3) is 7.47. The van der Waals surface area contributed by atoms with Crippen molar-refractivity contribution in [2.45, 2.75) is 25.7 Å². The van der Waals surface area contributed by atoms with Crippen LogP contribution < -0.4 is 10.6 Å². The first-order chi connectivity index (χ1) is 14.3. The normalized spacial score (nSPS) is 13.3. The van der Waals surface area contributed by atoms with Crippen molar-refractivity contribution >= 4 is 17.2 Å². The predicted molar refractivity (Wildman–Crippen MR) is 129 cm³/mol. The molecule has 0 aromatic heterocycles. The molecule has 0 aliphatic heterocycles. The molecule has 2 aromatic rings. The van der Waals surface area contributed by atoms with E-state index >= 15 is 0 Å². The minimum Gasteiger partial charge on any atom is -0.384 e. The van der Waals surface area contributed by atoms with Crippen LogP contribution in [-0.2, 0) is 4.79 Å². The summed E-state index contributed by atoms with van der Waals surface area (Å²) in [5.41, 5.74) is 4.30. The van der Waals surface area contributed by atoms with Crippen molar-refractivity contribution in [3.63, 3.8) is 0 Å². The Morgan fingerprint density at radius 3 is 1.33 bits per heavy atom. The van der Waals surface area contributed by atoms with E-state index in [1.165, 1.54) is 0 Å². The Hall–Kier alpha value is -2.37. The van der Waals surface area contributed by atoms with Crippen molar-refractivity contribution in [3.8, 4) is 0 Å². The predicted octanol–water partition coefficient (Wildman–Crippen LogP) is 4.11. The van der Waals surface area contributed by atoms with Crippen LogP contribution in [0.1, 0.15) is 36.8 Å². The summed E-state index contributed by atoms with van der Waals surface area (Å²) in [6.45, 7) is 7.78. The number of hydrogen-bond donors (Lipinski definition) is 2. The van der Waals surface area contributed by atoms with Gasteiger partial charge in [0.1, 0.15) is 5.78 Å². The number of carbonyl (C=O) groups excluding carboxylic acids is 1. The SMILES string of the molecule is CC(C(=O)C(C)c1ccc(NCCN(C)C)cc1)c1ccc(NCCN(C)C)cc1. The standard InChI is InChI=1S/C25H38N4O/c1-19(21-7-11-23(12-8-21)26-15-17-28(3)4)25(30)20(2)22-9-13-24(14-10-22)27-16-18-29(5)6/h7-14,19-20,26-27H,15-18H2,1-6H3. The maximum atomic E-state index is 13.1. The largest absolute Gasteiger partial charge is 0.384 e. The number of carbonyl (C=O) groups is 1. The number of benzene rings is 2. The number of anilines is 2. The van der Waals surface area contributed by atoms with E-state index in [9.17, 15) is 4.79 Å². The van der Waals surface area contributed by atoms with Gasteiger partial charge in [0, 0.05) is 49.4 Å². The molecule has 2 atom stereocenters. The second-order valence-corrected chi connectivity index (χ2v) is 8.55. The molecule has 2 unspecified atom stereocenters. The van der Waals surface area contributed by atoms with E-state index in [-0.39, 0.29) is 17.6 Å². The zero-order chi connectivity index (χ0) is 22.1. The zero-order valence-electron chi connectivity index (χ0n) is 19.4. The Morgan fingerprint density at radius 2 is 1.03 bits per heavy atom. The van der Waals surface area contributed by atoms with E-state index < -0.39 is 0 Å². The highest BCUT2D eigenvalue weighted by Crippen LogP contribution is 2.27. The first kappa shape index (κ1) is 23.9. The zero-order valence-corrected chi connectivity index (χ0v) is 19.4. The van der Waals surface area contributed by atoms with Gasteiger partial charge < -0.3 is 20.4 Å². The lowest BCUT2D eigenvalue weighted by atomic mass is 9.86. The van der Waals surface area contributed by atoms with Crippen molar-refractivity contribution in [2.75, 3.05) is 65.0 Å². The Kier molecular flexibility index (Phi) is 9.34. The first-order valence-corrected chi connectivity index (χ1v) is 10.8. The highest BCUT2D eigenvalue weighted by molar-refractivity contribution is 5.91. The van der Waals surface area contributed by atoms with Crippen molar-refractivity contribution in [1.82, 2.24) is 9.80 Å². The number of Topliss-reactive ketones (excluding diaryl/α,β-unsaturated/α-hetero) is 1. The molecule has 2 N–H and O–H groups in total. The lowest BCUT2D eigenvalue weighted by Gasteiger charge is -2.18. The minimum atomic E-state index is -0.131. The molecular weight excluding hydrogens is 372 g/mol. The number of rotatable bonds is 12. The fourth-order valence-electron chi connectivity index (χ4n) is 3.33. The molecule has 0 aliphatic rings. The molecule has 164 valence electrons. The van der Waals surface area contributed by atoms with Crippen LogP contribution in [0.25, 0.3) is 0 Å². The van der Waals surface area contributed by atoms with Gasteiger partial charge in [-0.25, -0.2) is 0 Å². The molecule has 0 bridgehead atoms. The minimum absolute atomic E-state index is 0.131. The average Bonchev–Trinajstić information content (AvgIpc) is 2.72. The molecule has 0 amide bonds. The molecule has 0 fully saturated rings. The van der Waals surface area contributed by atoms with Gasteiger partial charge >= 0.3 is 0 Å². The first-order valence-electron chi connectivity index (χ1n) is 10.8. The molecule has 0 saturated carbocycles. The van der Waals surface area contributed by atoms with E-state index in [0.717, 1.165) is 48.7 Å². The second kappa shape index (κ2) is 11.7. The van der Waals surface area contributed by atoms with Crippen LogP contribution in [0.4, 0.5) is 11.4 Å². The Morgan fingerprint density at radius 1 is 0.700 bits per heavy atom. The third-order valence-electron chi connectivity index (χ3n) is 5.45. The number of likely N-dealkylation sites (N-methyl/N-ethyl adjacent to an activating group) is 2. The summed E-state index contributed by atoms with van der Waals surface area (Å²) in [5.74, 6) is -0.0147. The fraction of sp³-hybridized carbons (Fsp3) is 0.480. The summed E-state index contributed by atoms with van der Waals surface area (Å²) in [4.78, 5) is 17.4. The van der Waals surface area contributed by atoms with E-state index in [1.54, 1.807) is 0 Å². The lowest BCUT2D eigenvalue weighted by molar-refractivity contribution is -0.121. The maximum Gasteiger partial charge on any atom is 0.147 e. The van der Waals surface area contributed by atoms with Crippen LogP contribution in [0.2, 0.25) is 0 Å². The highest BCUT2D eigenvalue weighted by Gasteiger charge is 2.22. The number of nitrogens with zero attached hydrogens (tertiary/aromatic N) is 2. The molecule has 5 heteroatoms. The molecular formula is C25H38N4O. The van der Waals surface area contributed by atoms with Crippen molar-refractivity contribution in [2.24, 2.45) is 0 Å². The van der Waals surface area contributed by atoms with Gasteiger partial charge in [-0.2, -0.15) is 0 Å². The summed E-state index contributed by atoms with van der Waals surface area (Å²) < 4.78 is 0. The third-order valence-corrected chi connectivity index (χ3v) is 5.45. The number of nitrogens with one attached hydrogen (secondary N) is 2. The van der Waals surface area contributed by atoms with Crippen LogP contribution in [0.15, 0.2) is 48.5 Å². The molecule has 0 aliphatic carbocycles. The quantitative estimate of drug-likeness (QED) is 0.551. The Balaban J connectivity index is 1.93. The number of ketones is 1. The molecule has 2 rings (SSSR count). The molecule has 0 saturated heterocycles. The molecule has 0 heterocycles. The van der Waals surface area contributed by atoms with Crippen LogP contribution >= 0.6 is 0 Å². The average molecular weight is 411 g/mol. The molecule has 2 aromatic carbocycles. The molecule has 5 nitrogen and oxygen atoms in total. The monoisotopic (exact) mass is 410 g/mol. The van der Waals surface area contributed by atoms with Gasteiger partial charge in [-0.05, 0) is 63.6 Å². The molecule has 0 radical (unpaired) electrons. The summed E-state index contributed by atoms with van der Waals surface area (Å²) >= 11 is 0. The Bertz CT molecular complexity index is 703. The van der Waals surface area contributed by atoms with E-state index in [1.807, 2.05) is 13.8 Å². The van der Waals surface area contributed by atoms with Crippen molar-refractivity contribution < 1.29 is 4.79 Å². The van der Waals surface area contributed by atoms with Gasteiger partial charge in [-0.3, -0.25) is 4.79 Å². The highest BCUT2D eigenvalue weighted by atomic mass is 16.1. The van der Waals surface area contributed by atoms with Crippen LogP contribution in [0.5, 0.6) is 0 Å². The second-order valence-electron chi connectivity index (χ2n) is 8.55. The van der Waals surface area contributed by atoms with Gasteiger partial charge in [0.25, 0.3) is 0 Å². The van der Waals surface area contributed by atoms with Gasteiger partial charge in [0.2, 0.25) is 0 Å². The van der Waals surface area contributed by atoms with Crippen LogP contribution in [-0.4, -0.2) is 70.0 Å². The summed E-state index contributed by atoms with van der Waals surface area (Å²) in [6.07, 6.45) is 0. The molecule has 0 spiro atoms. The lowest BCUT2D eigenvalue weighted by Crippen LogP contribution is -2.21. The van der Waals surface area contributed by atoms with Gasteiger partial charge in [0.15, 0.2) is 0 Å². The van der Waals surface area contributed by atoms with Gasteiger partial charge in [-0.1, -0.05) is 38.1 Å². The number of hydrogen-bond acceptors (Lipinski definition) is 5. The summed E-state index contributed by atoms with van der Waals surface area (Å²) in [6, 6.07) is 16.5. The smallest absolute Gasteiger partial charge is 0.147 e. The fourth-order valence-corrected chi connectivity index (χ4v) is 3.33. The van der Waals surface area contributed by atoms with E-state index in [2.05, 4.69) is 97.2 Å². The maximum absolute atomic E-state index is 13.1. The van der Waals surface area contributed by atoms with Crippen LogP contribution in [0.3, 0.4) is 0 Å². The summed E-state index contributed by atoms with van der Waals surface area (Å²) in [5, 5.41) is 6.82.